The van der Waals surface area contributed by atoms with E-state index in [1.807, 2.05) is 42.7 Å². The van der Waals surface area contributed by atoms with Crippen LogP contribution in [0.2, 0.25) is 0 Å². The van der Waals surface area contributed by atoms with E-state index < -0.39 is 0 Å². The largest absolute Gasteiger partial charge is 0.461 e. The number of anilines is 2. The number of hydrogen-bond donors (Lipinski definition) is 2. The van der Waals surface area contributed by atoms with E-state index >= 15 is 0 Å². The zero-order chi connectivity index (χ0) is 23.2. The van der Waals surface area contributed by atoms with Crippen molar-refractivity contribution in [2.75, 3.05) is 17.6 Å². The predicted molar refractivity (Wildman–Crippen MR) is 133 cm³/mol. The Kier molecular flexibility index (Phi) is 6.47. The third-order valence-corrected chi connectivity index (χ3v) is 5.73. The molecule has 0 amide bonds. The van der Waals surface area contributed by atoms with Gasteiger partial charge in [0.1, 0.15) is 0 Å². The topological polar surface area (TPSA) is 108 Å². The van der Waals surface area contributed by atoms with Gasteiger partial charge >= 0.3 is 0 Å². The number of aromatic nitrogens is 5. The molecule has 0 unspecified atom stereocenters. The molecule has 0 aliphatic heterocycles. The lowest BCUT2D eigenvalue weighted by Crippen LogP contribution is -2.09. The van der Waals surface area contributed by atoms with Crippen molar-refractivity contribution in [3.63, 3.8) is 0 Å². The number of fused-ring (bicyclic) bond motifs is 1. The highest BCUT2D eigenvalue weighted by Gasteiger charge is 2.19. The summed E-state index contributed by atoms with van der Waals surface area (Å²) in [6.07, 6.45) is 9.07. The highest BCUT2D eigenvalue weighted by Crippen LogP contribution is 2.28. The number of pyridine rings is 1. The van der Waals surface area contributed by atoms with Gasteiger partial charge in [0.25, 0.3) is 0 Å². The van der Waals surface area contributed by atoms with Gasteiger partial charge < -0.3 is 20.0 Å². The van der Waals surface area contributed by atoms with E-state index in [0.717, 1.165) is 38.8 Å². The minimum atomic E-state index is 0.358. The van der Waals surface area contributed by atoms with E-state index in [9.17, 15) is 0 Å². The van der Waals surface area contributed by atoms with E-state index in [2.05, 4.69) is 44.1 Å². The number of imidazole rings is 1. The first-order valence-corrected chi connectivity index (χ1v) is 11.5. The molecule has 34 heavy (non-hydrogen) atoms. The van der Waals surface area contributed by atoms with Gasteiger partial charge in [-0.2, -0.15) is 9.97 Å². The van der Waals surface area contributed by atoms with Gasteiger partial charge in [-0.1, -0.05) is 30.3 Å². The highest BCUT2D eigenvalue weighted by molar-refractivity contribution is 5.86. The summed E-state index contributed by atoms with van der Waals surface area (Å²) in [5.74, 6) is 2.26. The SMILES string of the molecule is Nc1nc(NCCCc2ccccc2)nc2c1nc(-c1ccco1)n2CCCc1ccncc1. The molecule has 0 aliphatic rings. The molecule has 0 saturated carbocycles. The molecule has 0 aliphatic carbocycles. The Balaban J connectivity index is 1.36. The second kappa shape index (κ2) is 10.2. The average Bonchev–Trinajstić information content (AvgIpc) is 3.52. The normalized spacial score (nSPS) is 11.2. The summed E-state index contributed by atoms with van der Waals surface area (Å²) in [6.45, 7) is 1.47. The van der Waals surface area contributed by atoms with Gasteiger partial charge in [0.15, 0.2) is 28.6 Å². The van der Waals surface area contributed by atoms with Crippen molar-refractivity contribution in [3.05, 3.63) is 84.4 Å². The van der Waals surface area contributed by atoms with Crippen molar-refractivity contribution in [2.24, 2.45) is 0 Å². The molecule has 0 fully saturated rings. The van der Waals surface area contributed by atoms with E-state index in [4.69, 9.17) is 20.1 Å². The van der Waals surface area contributed by atoms with Gasteiger partial charge in [-0.15, -0.1) is 0 Å². The molecule has 4 aromatic heterocycles. The van der Waals surface area contributed by atoms with Crippen LogP contribution in [0.4, 0.5) is 11.8 Å². The van der Waals surface area contributed by atoms with Gasteiger partial charge in [0.05, 0.1) is 6.26 Å². The number of nitrogens with one attached hydrogen (secondary N) is 1. The van der Waals surface area contributed by atoms with Crippen LogP contribution >= 0.6 is 0 Å². The number of furan rings is 1. The number of hydrogen-bond acceptors (Lipinski definition) is 7. The third-order valence-electron chi connectivity index (χ3n) is 5.73. The molecule has 8 heteroatoms. The minimum Gasteiger partial charge on any atom is -0.461 e. The summed E-state index contributed by atoms with van der Waals surface area (Å²) in [5.41, 5.74) is 10.2. The molecule has 5 rings (SSSR count). The van der Waals surface area contributed by atoms with Crippen molar-refractivity contribution in [2.45, 2.75) is 32.2 Å². The van der Waals surface area contributed by atoms with Crippen molar-refractivity contribution >= 4 is 22.9 Å². The van der Waals surface area contributed by atoms with Crippen molar-refractivity contribution in [1.82, 2.24) is 24.5 Å². The van der Waals surface area contributed by atoms with Crippen LogP contribution in [0.15, 0.2) is 77.7 Å². The molecule has 0 bridgehead atoms. The molecule has 3 N–H and O–H groups in total. The molecule has 8 nitrogen and oxygen atoms in total. The molecule has 0 radical (unpaired) electrons. The Morgan fingerprint density at radius 1 is 0.853 bits per heavy atom. The molecule has 1 aromatic carbocycles. The van der Waals surface area contributed by atoms with Gasteiger partial charge in [-0.25, -0.2) is 4.98 Å². The molecular formula is C26H27N7O. The Labute approximate surface area is 197 Å². The number of nitrogen functional groups attached to an aromatic ring is 1. The van der Waals surface area contributed by atoms with E-state index in [1.54, 1.807) is 6.26 Å². The molecule has 172 valence electrons. The van der Waals surface area contributed by atoms with Crippen LogP contribution < -0.4 is 11.1 Å². The lowest BCUT2D eigenvalue weighted by molar-refractivity contribution is 0.565. The Morgan fingerprint density at radius 3 is 2.44 bits per heavy atom. The monoisotopic (exact) mass is 453 g/mol. The first kappa shape index (κ1) is 21.6. The van der Waals surface area contributed by atoms with Gasteiger partial charge in [0.2, 0.25) is 5.95 Å². The summed E-state index contributed by atoms with van der Waals surface area (Å²) in [6, 6.07) is 18.3. The third kappa shape index (κ3) is 4.91. The standard InChI is InChI=1S/C26H27N7O/c27-23-22-25(32-26(31-23)29-14-4-9-19-7-2-1-3-8-19)33(24(30-22)21-11-6-18-34-21)17-5-10-20-12-15-28-16-13-20/h1-3,6-8,11-13,15-16,18H,4-5,9-10,14,17H2,(H3,27,29,31,32). The van der Waals surface area contributed by atoms with Crippen molar-refractivity contribution < 1.29 is 4.42 Å². The summed E-state index contributed by atoms with van der Waals surface area (Å²) in [7, 11) is 0. The summed E-state index contributed by atoms with van der Waals surface area (Å²) >= 11 is 0. The van der Waals surface area contributed by atoms with Crippen molar-refractivity contribution in [3.8, 4) is 11.6 Å². The maximum atomic E-state index is 6.30. The molecule has 4 heterocycles. The van der Waals surface area contributed by atoms with Crippen LogP contribution in [-0.4, -0.2) is 31.0 Å². The molecule has 0 saturated heterocycles. The number of nitrogens with zero attached hydrogens (tertiary/aromatic N) is 5. The summed E-state index contributed by atoms with van der Waals surface area (Å²) < 4.78 is 7.72. The Morgan fingerprint density at radius 2 is 1.65 bits per heavy atom. The van der Waals surface area contributed by atoms with Crippen LogP contribution in [-0.2, 0) is 19.4 Å². The quantitative estimate of drug-likeness (QED) is 0.294. The summed E-state index contributed by atoms with van der Waals surface area (Å²) in [4.78, 5) is 18.1. The molecule has 0 atom stereocenters. The molecule has 5 aromatic rings. The maximum Gasteiger partial charge on any atom is 0.226 e. The first-order chi connectivity index (χ1) is 16.8. The van der Waals surface area contributed by atoms with E-state index in [0.29, 0.717) is 34.5 Å². The minimum absolute atomic E-state index is 0.358. The lowest BCUT2D eigenvalue weighted by atomic mass is 10.1. The van der Waals surface area contributed by atoms with E-state index in [-0.39, 0.29) is 0 Å². The zero-order valence-corrected chi connectivity index (χ0v) is 18.9. The highest BCUT2D eigenvalue weighted by atomic mass is 16.3. The van der Waals surface area contributed by atoms with Crippen molar-refractivity contribution in [1.29, 1.82) is 0 Å². The smallest absolute Gasteiger partial charge is 0.226 e. The lowest BCUT2D eigenvalue weighted by Gasteiger charge is -2.09. The van der Waals surface area contributed by atoms with Crippen LogP contribution in [0.3, 0.4) is 0 Å². The number of benzene rings is 1. The molecule has 0 spiro atoms. The van der Waals surface area contributed by atoms with Gasteiger partial charge in [0, 0.05) is 25.5 Å². The predicted octanol–water partition coefficient (Wildman–Crippen LogP) is 4.74. The molecular weight excluding hydrogens is 426 g/mol. The van der Waals surface area contributed by atoms with E-state index in [1.165, 1.54) is 11.1 Å². The van der Waals surface area contributed by atoms with Crippen LogP contribution in [0.5, 0.6) is 0 Å². The second-order valence-corrected chi connectivity index (χ2v) is 8.14. The Bertz CT molecular complexity index is 1330. The van der Waals surface area contributed by atoms with Crippen LogP contribution in [0.1, 0.15) is 24.0 Å². The fraction of sp³-hybridized carbons (Fsp3) is 0.231. The zero-order valence-electron chi connectivity index (χ0n) is 18.9. The second-order valence-electron chi connectivity index (χ2n) is 8.14. The Hall–Kier alpha value is -4.20. The average molecular weight is 454 g/mol. The summed E-state index contributed by atoms with van der Waals surface area (Å²) in [5, 5.41) is 3.33. The fourth-order valence-electron chi connectivity index (χ4n) is 4.03. The van der Waals surface area contributed by atoms with Gasteiger partial charge in [-0.05, 0) is 61.1 Å². The number of rotatable bonds is 10. The maximum absolute atomic E-state index is 6.30. The van der Waals surface area contributed by atoms with Crippen LogP contribution in [0.25, 0.3) is 22.7 Å². The van der Waals surface area contributed by atoms with Gasteiger partial charge in [-0.3, -0.25) is 4.98 Å². The van der Waals surface area contributed by atoms with Crippen LogP contribution in [0, 0.1) is 0 Å². The number of nitrogens with two attached hydrogens (primary N) is 1. The first-order valence-electron chi connectivity index (χ1n) is 11.5. The fourth-order valence-corrected chi connectivity index (χ4v) is 4.03. The number of aryl methyl sites for hydroxylation is 3.